The van der Waals surface area contributed by atoms with Crippen LogP contribution in [-0.2, 0) is 24.8 Å². The van der Waals surface area contributed by atoms with Crippen LogP contribution in [0.5, 0.6) is 0 Å². The Morgan fingerprint density at radius 1 is 1.24 bits per heavy atom. The number of carboxylic acids is 1. The van der Waals surface area contributed by atoms with Crippen molar-refractivity contribution in [3.8, 4) is 0 Å². The number of aliphatic carboxylic acids is 1. The van der Waals surface area contributed by atoms with Gasteiger partial charge in [-0.05, 0) is 17.7 Å². The van der Waals surface area contributed by atoms with Gasteiger partial charge in [-0.25, -0.2) is 4.79 Å². The van der Waals surface area contributed by atoms with Crippen LogP contribution in [0.25, 0.3) is 0 Å². The molecule has 110 valence electrons. The van der Waals surface area contributed by atoms with Crippen LogP contribution in [0.1, 0.15) is 11.1 Å². The van der Waals surface area contributed by atoms with Gasteiger partial charge in [-0.3, -0.25) is 9.48 Å². The maximum atomic E-state index is 11.7. The Morgan fingerprint density at radius 2 is 1.95 bits per heavy atom. The first-order valence-electron chi connectivity index (χ1n) is 6.36. The number of benzene rings is 1. The quantitative estimate of drug-likeness (QED) is 0.774. The number of aryl methyl sites for hydroxylation is 1. The standard InChI is InChI=1S/C14H16N4O3/c1-18-9-11(8-16-18)7-15-14(21)17-12-4-2-10(3-5-12)6-13(19)20/h2-5,8-9H,6-7H2,1H3,(H,19,20)(H2,15,17,21). The predicted octanol–water partition coefficient (Wildman–Crippen LogP) is 1.37. The molecule has 0 unspecified atom stereocenters. The molecule has 2 rings (SSSR count). The zero-order valence-electron chi connectivity index (χ0n) is 11.5. The van der Waals surface area contributed by atoms with Gasteiger partial charge in [-0.1, -0.05) is 12.1 Å². The van der Waals surface area contributed by atoms with Crippen LogP contribution in [0.2, 0.25) is 0 Å². The normalized spacial score (nSPS) is 10.1. The average Bonchev–Trinajstić information content (AvgIpc) is 2.84. The largest absolute Gasteiger partial charge is 0.481 e. The molecule has 7 heteroatoms. The molecule has 1 heterocycles. The molecular formula is C14H16N4O3. The molecule has 0 radical (unpaired) electrons. The van der Waals surface area contributed by atoms with Gasteiger partial charge in [-0.2, -0.15) is 5.10 Å². The average molecular weight is 288 g/mol. The summed E-state index contributed by atoms with van der Waals surface area (Å²) in [7, 11) is 1.81. The minimum atomic E-state index is -0.884. The number of carbonyl (C=O) groups is 2. The Bertz CT molecular complexity index is 634. The molecule has 0 atom stereocenters. The van der Waals surface area contributed by atoms with Crippen LogP contribution < -0.4 is 10.6 Å². The van der Waals surface area contributed by atoms with Crippen molar-refractivity contribution in [3.63, 3.8) is 0 Å². The molecule has 0 fully saturated rings. The first-order chi connectivity index (χ1) is 10.0. The van der Waals surface area contributed by atoms with Gasteiger partial charge in [0.25, 0.3) is 0 Å². The highest BCUT2D eigenvalue weighted by Gasteiger charge is 2.04. The van der Waals surface area contributed by atoms with E-state index in [0.29, 0.717) is 17.8 Å². The van der Waals surface area contributed by atoms with Gasteiger partial charge in [0, 0.05) is 31.0 Å². The number of hydrogen-bond acceptors (Lipinski definition) is 3. The molecule has 1 aromatic heterocycles. The van der Waals surface area contributed by atoms with Crippen LogP contribution >= 0.6 is 0 Å². The van der Waals surface area contributed by atoms with Crippen molar-refractivity contribution in [2.75, 3.05) is 5.32 Å². The Balaban J connectivity index is 1.83. The second-order valence-corrected chi connectivity index (χ2v) is 4.60. The molecule has 0 aliphatic rings. The zero-order chi connectivity index (χ0) is 15.2. The van der Waals surface area contributed by atoms with Crippen LogP contribution in [0.15, 0.2) is 36.7 Å². The van der Waals surface area contributed by atoms with E-state index in [1.54, 1.807) is 35.1 Å². The molecule has 0 saturated carbocycles. The molecular weight excluding hydrogens is 272 g/mol. The molecule has 21 heavy (non-hydrogen) atoms. The number of rotatable bonds is 5. The lowest BCUT2D eigenvalue weighted by atomic mass is 10.1. The summed E-state index contributed by atoms with van der Waals surface area (Å²) in [6, 6.07) is 6.35. The van der Waals surface area contributed by atoms with Crippen LogP contribution in [0.3, 0.4) is 0 Å². The van der Waals surface area contributed by atoms with E-state index in [2.05, 4.69) is 15.7 Å². The molecule has 0 bridgehead atoms. The molecule has 2 amide bonds. The molecule has 3 N–H and O–H groups in total. The van der Waals surface area contributed by atoms with Crippen LogP contribution in [0, 0.1) is 0 Å². The van der Waals surface area contributed by atoms with Crippen molar-refractivity contribution in [3.05, 3.63) is 47.8 Å². The Kier molecular flexibility index (Phi) is 4.55. The third-order valence-corrected chi connectivity index (χ3v) is 2.78. The lowest BCUT2D eigenvalue weighted by molar-refractivity contribution is -0.136. The maximum Gasteiger partial charge on any atom is 0.319 e. The van der Waals surface area contributed by atoms with Crippen LogP contribution in [-0.4, -0.2) is 26.9 Å². The van der Waals surface area contributed by atoms with E-state index in [4.69, 9.17) is 5.11 Å². The molecule has 2 aromatic rings. The van der Waals surface area contributed by atoms with E-state index >= 15 is 0 Å². The van der Waals surface area contributed by atoms with Crippen LogP contribution in [0.4, 0.5) is 10.5 Å². The van der Waals surface area contributed by atoms with E-state index in [1.807, 2.05) is 13.2 Å². The van der Waals surface area contributed by atoms with Gasteiger partial charge in [0.05, 0.1) is 12.6 Å². The van der Waals surface area contributed by atoms with E-state index < -0.39 is 5.97 Å². The lowest BCUT2D eigenvalue weighted by Crippen LogP contribution is -2.28. The van der Waals surface area contributed by atoms with Gasteiger partial charge < -0.3 is 15.7 Å². The smallest absolute Gasteiger partial charge is 0.319 e. The molecule has 1 aromatic carbocycles. The third kappa shape index (κ3) is 4.64. The second-order valence-electron chi connectivity index (χ2n) is 4.60. The maximum absolute atomic E-state index is 11.7. The Morgan fingerprint density at radius 3 is 2.52 bits per heavy atom. The molecule has 0 aliphatic heterocycles. The van der Waals surface area contributed by atoms with Crippen molar-refractivity contribution in [2.24, 2.45) is 7.05 Å². The zero-order valence-corrected chi connectivity index (χ0v) is 11.5. The summed E-state index contributed by atoms with van der Waals surface area (Å²) in [4.78, 5) is 22.3. The summed E-state index contributed by atoms with van der Waals surface area (Å²) < 4.78 is 1.66. The van der Waals surface area contributed by atoms with E-state index in [0.717, 1.165) is 5.56 Å². The molecule has 0 spiro atoms. The summed E-state index contributed by atoms with van der Waals surface area (Å²) in [6.07, 6.45) is 3.47. The second kappa shape index (κ2) is 6.56. The number of hydrogen-bond donors (Lipinski definition) is 3. The fraction of sp³-hybridized carbons (Fsp3) is 0.214. The van der Waals surface area contributed by atoms with Crippen molar-refractivity contribution < 1.29 is 14.7 Å². The summed E-state index contributed by atoms with van der Waals surface area (Å²) >= 11 is 0. The summed E-state index contributed by atoms with van der Waals surface area (Å²) in [5.74, 6) is -0.884. The summed E-state index contributed by atoms with van der Waals surface area (Å²) in [5, 5.41) is 18.1. The van der Waals surface area contributed by atoms with Gasteiger partial charge in [0.15, 0.2) is 0 Å². The number of nitrogens with zero attached hydrogens (tertiary/aromatic N) is 2. The summed E-state index contributed by atoms with van der Waals surface area (Å²) in [5.41, 5.74) is 2.20. The number of urea groups is 1. The molecule has 0 saturated heterocycles. The fourth-order valence-electron chi connectivity index (χ4n) is 1.80. The number of anilines is 1. The predicted molar refractivity (Wildman–Crippen MR) is 76.8 cm³/mol. The van der Waals surface area contributed by atoms with E-state index in [-0.39, 0.29) is 12.5 Å². The van der Waals surface area contributed by atoms with Crippen molar-refractivity contribution in [1.82, 2.24) is 15.1 Å². The number of aromatic nitrogens is 2. The monoisotopic (exact) mass is 288 g/mol. The van der Waals surface area contributed by atoms with Gasteiger partial charge >= 0.3 is 12.0 Å². The minimum Gasteiger partial charge on any atom is -0.481 e. The Labute approximate surface area is 121 Å². The fourth-order valence-corrected chi connectivity index (χ4v) is 1.80. The topological polar surface area (TPSA) is 96.2 Å². The SMILES string of the molecule is Cn1cc(CNC(=O)Nc2ccc(CC(=O)O)cc2)cn1. The highest BCUT2D eigenvalue weighted by atomic mass is 16.4. The third-order valence-electron chi connectivity index (χ3n) is 2.78. The minimum absolute atomic E-state index is 0.0342. The van der Waals surface area contributed by atoms with Gasteiger partial charge in [0.2, 0.25) is 0 Å². The highest BCUT2D eigenvalue weighted by Crippen LogP contribution is 2.10. The summed E-state index contributed by atoms with van der Waals surface area (Å²) in [6.45, 7) is 0.386. The number of nitrogens with one attached hydrogen (secondary N) is 2. The first-order valence-corrected chi connectivity index (χ1v) is 6.36. The molecule has 7 nitrogen and oxygen atoms in total. The number of carbonyl (C=O) groups excluding carboxylic acids is 1. The van der Waals surface area contributed by atoms with E-state index in [1.165, 1.54) is 0 Å². The Hall–Kier alpha value is -2.83. The van der Waals surface area contributed by atoms with Crippen molar-refractivity contribution in [2.45, 2.75) is 13.0 Å². The first kappa shape index (κ1) is 14.6. The number of carboxylic acid groups (broad SMARTS) is 1. The van der Waals surface area contributed by atoms with Gasteiger partial charge in [0.1, 0.15) is 0 Å². The highest BCUT2D eigenvalue weighted by molar-refractivity contribution is 5.89. The lowest BCUT2D eigenvalue weighted by Gasteiger charge is -2.07. The molecule has 0 aliphatic carbocycles. The number of amides is 2. The van der Waals surface area contributed by atoms with Crippen molar-refractivity contribution >= 4 is 17.7 Å². The van der Waals surface area contributed by atoms with E-state index in [9.17, 15) is 9.59 Å². The van der Waals surface area contributed by atoms with Gasteiger partial charge in [-0.15, -0.1) is 0 Å². The van der Waals surface area contributed by atoms with Crippen molar-refractivity contribution in [1.29, 1.82) is 0 Å².